The minimum absolute atomic E-state index is 0.181. The number of hydrazone groups is 1. The molecule has 20 heavy (non-hydrogen) atoms. The number of benzene rings is 1. The molecule has 0 aliphatic rings. The number of thiazole rings is 1. The van der Waals surface area contributed by atoms with Gasteiger partial charge in [0, 0.05) is 5.38 Å². The normalized spacial score (nSPS) is 11.8. The summed E-state index contributed by atoms with van der Waals surface area (Å²) in [6, 6.07) is 7.83. The van der Waals surface area contributed by atoms with Gasteiger partial charge < -0.3 is 4.74 Å². The zero-order valence-electron chi connectivity index (χ0n) is 12.2. The molecular weight excluding hydrogens is 270 g/mol. The molecule has 106 valence electrons. The minimum Gasteiger partial charge on any atom is -0.488 e. The second-order valence-corrected chi connectivity index (χ2v) is 6.31. The molecule has 4 nitrogen and oxygen atoms in total. The van der Waals surface area contributed by atoms with Gasteiger partial charge in [0.25, 0.3) is 0 Å². The summed E-state index contributed by atoms with van der Waals surface area (Å²) in [5, 5.41) is 6.94. The van der Waals surface area contributed by atoms with E-state index >= 15 is 0 Å². The maximum Gasteiger partial charge on any atom is 0.203 e. The van der Waals surface area contributed by atoms with Gasteiger partial charge >= 0.3 is 0 Å². The number of nitrogens with zero attached hydrogens (tertiary/aromatic N) is 2. The summed E-state index contributed by atoms with van der Waals surface area (Å²) >= 11 is 1.54. The molecule has 1 heterocycles. The van der Waals surface area contributed by atoms with Crippen LogP contribution in [0.3, 0.4) is 0 Å². The highest BCUT2D eigenvalue weighted by molar-refractivity contribution is 7.13. The van der Waals surface area contributed by atoms with Crippen molar-refractivity contribution in [3.8, 4) is 5.75 Å². The van der Waals surface area contributed by atoms with Crippen LogP contribution in [0.5, 0.6) is 5.75 Å². The summed E-state index contributed by atoms with van der Waals surface area (Å²) in [4.78, 5) is 4.27. The number of rotatable bonds is 4. The molecule has 0 fully saturated rings. The fourth-order valence-corrected chi connectivity index (χ4v) is 2.18. The van der Waals surface area contributed by atoms with E-state index in [2.05, 4.69) is 15.5 Å². The van der Waals surface area contributed by atoms with Crippen LogP contribution in [-0.2, 0) is 0 Å². The van der Waals surface area contributed by atoms with Crippen molar-refractivity contribution >= 4 is 22.7 Å². The summed E-state index contributed by atoms with van der Waals surface area (Å²) in [6.07, 6.45) is 1.76. The monoisotopic (exact) mass is 289 g/mol. The Labute approximate surface area is 123 Å². The Morgan fingerprint density at radius 1 is 1.25 bits per heavy atom. The second kappa shape index (κ2) is 6.05. The molecule has 0 saturated carbocycles. The van der Waals surface area contributed by atoms with E-state index in [-0.39, 0.29) is 5.60 Å². The zero-order valence-corrected chi connectivity index (χ0v) is 13.0. The van der Waals surface area contributed by atoms with E-state index in [4.69, 9.17) is 4.74 Å². The lowest BCUT2D eigenvalue weighted by Gasteiger charge is -2.21. The number of aryl methyl sites for hydroxylation is 1. The average Bonchev–Trinajstić information content (AvgIpc) is 2.75. The predicted octanol–water partition coefficient (Wildman–Crippen LogP) is 4.07. The van der Waals surface area contributed by atoms with Gasteiger partial charge in [-0.05, 0) is 57.5 Å². The molecule has 0 spiro atoms. The molecule has 1 aromatic carbocycles. The first-order valence-corrected chi connectivity index (χ1v) is 7.31. The molecule has 0 atom stereocenters. The molecule has 1 aromatic heterocycles. The molecule has 5 heteroatoms. The summed E-state index contributed by atoms with van der Waals surface area (Å²) in [5.41, 5.74) is 4.73. The number of hydrogen-bond acceptors (Lipinski definition) is 5. The van der Waals surface area contributed by atoms with E-state index in [1.54, 1.807) is 6.21 Å². The van der Waals surface area contributed by atoms with E-state index in [9.17, 15) is 0 Å². The average molecular weight is 289 g/mol. The molecule has 0 bridgehead atoms. The van der Waals surface area contributed by atoms with Crippen molar-refractivity contribution in [2.24, 2.45) is 5.10 Å². The van der Waals surface area contributed by atoms with Crippen LogP contribution in [-0.4, -0.2) is 16.8 Å². The number of aromatic nitrogens is 1. The van der Waals surface area contributed by atoms with Crippen molar-refractivity contribution in [3.05, 3.63) is 40.9 Å². The third-order valence-electron chi connectivity index (χ3n) is 2.30. The molecule has 0 unspecified atom stereocenters. The first-order valence-electron chi connectivity index (χ1n) is 6.43. The van der Waals surface area contributed by atoms with E-state index in [0.29, 0.717) is 0 Å². The van der Waals surface area contributed by atoms with Crippen molar-refractivity contribution in [2.75, 3.05) is 5.43 Å². The Morgan fingerprint density at radius 2 is 1.95 bits per heavy atom. The van der Waals surface area contributed by atoms with Gasteiger partial charge in [-0.15, -0.1) is 11.3 Å². The van der Waals surface area contributed by atoms with E-state index < -0.39 is 0 Å². The Morgan fingerprint density at radius 3 is 2.50 bits per heavy atom. The molecule has 0 aliphatic heterocycles. The first-order chi connectivity index (χ1) is 9.42. The van der Waals surface area contributed by atoms with Gasteiger partial charge in [0.15, 0.2) is 0 Å². The van der Waals surface area contributed by atoms with Crippen molar-refractivity contribution < 1.29 is 4.74 Å². The van der Waals surface area contributed by atoms with Gasteiger partial charge in [-0.1, -0.05) is 0 Å². The fraction of sp³-hybridized carbons (Fsp3) is 0.333. The van der Waals surface area contributed by atoms with Crippen LogP contribution in [0, 0.1) is 6.92 Å². The highest BCUT2D eigenvalue weighted by Crippen LogP contribution is 2.18. The molecule has 2 aromatic rings. The first kappa shape index (κ1) is 14.5. The number of anilines is 1. The Balaban J connectivity index is 1.93. The summed E-state index contributed by atoms with van der Waals surface area (Å²) in [6.45, 7) is 8.05. The summed E-state index contributed by atoms with van der Waals surface area (Å²) in [5.74, 6) is 0.859. The van der Waals surface area contributed by atoms with E-state index in [0.717, 1.165) is 22.1 Å². The third-order valence-corrected chi connectivity index (χ3v) is 3.16. The smallest absolute Gasteiger partial charge is 0.203 e. The van der Waals surface area contributed by atoms with Crippen LogP contribution in [0.15, 0.2) is 34.7 Å². The zero-order chi connectivity index (χ0) is 14.6. The molecule has 0 saturated heterocycles. The van der Waals surface area contributed by atoms with Crippen molar-refractivity contribution in [1.82, 2.24) is 4.98 Å². The molecule has 0 aliphatic carbocycles. The molecular formula is C15H19N3OS. The van der Waals surface area contributed by atoms with Crippen molar-refractivity contribution in [2.45, 2.75) is 33.3 Å². The number of hydrogen-bond donors (Lipinski definition) is 1. The van der Waals surface area contributed by atoms with Crippen LogP contribution >= 0.6 is 11.3 Å². The van der Waals surface area contributed by atoms with Gasteiger partial charge in [-0.2, -0.15) is 5.10 Å². The highest BCUT2D eigenvalue weighted by atomic mass is 32.1. The predicted molar refractivity (Wildman–Crippen MR) is 84.9 cm³/mol. The largest absolute Gasteiger partial charge is 0.488 e. The third kappa shape index (κ3) is 4.66. The van der Waals surface area contributed by atoms with Crippen molar-refractivity contribution in [1.29, 1.82) is 0 Å². The Bertz CT molecular complexity index is 582. The summed E-state index contributed by atoms with van der Waals surface area (Å²) in [7, 11) is 0. The lowest BCUT2D eigenvalue weighted by Crippen LogP contribution is -2.22. The standard InChI is InChI=1S/C15H19N3OS/c1-11-10-20-14(17-11)18-16-9-12-5-7-13(8-6-12)19-15(2,3)4/h5-10H,1-4H3,(H,17,18)/b16-9-. The maximum atomic E-state index is 5.76. The Kier molecular flexibility index (Phi) is 4.39. The molecule has 0 amide bonds. The molecule has 1 N–H and O–H groups in total. The van der Waals surface area contributed by atoms with Gasteiger partial charge in [0.05, 0.1) is 11.9 Å². The van der Waals surface area contributed by atoms with E-state index in [1.165, 1.54) is 11.3 Å². The minimum atomic E-state index is -0.181. The van der Waals surface area contributed by atoms with Gasteiger partial charge in [0.1, 0.15) is 11.4 Å². The Hall–Kier alpha value is -1.88. The van der Waals surface area contributed by atoms with Gasteiger partial charge in [0.2, 0.25) is 5.13 Å². The quantitative estimate of drug-likeness (QED) is 0.681. The lowest BCUT2D eigenvalue weighted by atomic mass is 10.2. The van der Waals surface area contributed by atoms with Crippen LogP contribution in [0.1, 0.15) is 32.0 Å². The van der Waals surface area contributed by atoms with E-state index in [1.807, 2.05) is 57.3 Å². The number of ether oxygens (including phenoxy) is 1. The molecule has 2 rings (SSSR count). The summed E-state index contributed by atoms with van der Waals surface area (Å²) < 4.78 is 5.76. The van der Waals surface area contributed by atoms with Crippen molar-refractivity contribution in [3.63, 3.8) is 0 Å². The van der Waals surface area contributed by atoms with Crippen LogP contribution in [0.4, 0.5) is 5.13 Å². The fourth-order valence-electron chi connectivity index (χ4n) is 1.54. The van der Waals surface area contributed by atoms with Gasteiger partial charge in [-0.25, -0.2) is 4.98 Å². The van der Waals surface area contributed by atoms with Crippen LogP contribution in [0.25, 0.3) is 0 Å². The SMILES string of the molecule is Cc1csc(N/N=C\c2ccc(OC(C)(C)C)cc2)n1. The number of nitrogens with one attached hydrogen (secondary N) is 1. The second-order valence-electron chi connectivity index (χ2n) is 5.45. The van der Waals surface area contributed by atoms with Gasteiger partial charge in [-0.3, -0.25) is 5.43 Å². The maximum absolute atomic E-state index is 5.76. The van der Waals surface area contributed by atoms with Crippen LogP contribution in [0.2, 0.25) is 0 Å². The lowest BCUT2D eigenvalue weighted by molar-refractivity contribution is 0.131. The highest BCUT2D eigenvalue weighted by Gasteiger charge is 2.10. The molecule has 0 radical (unpaired) electrons. The topological polar surface area (TPSA) is 46.5 Å². The van der Waals surface area contributed by atoms with Crippen LogP contribution < -0.4 is 10.2 Å².